The lowest BCUT2D eigenvalue weighted by Gasteiger charge is -2.55. The van der Waals surface area contributed by atoms with Crippen LogP contribution in [-0.4, -0.2) is 61.5 Å². The van der Waals surface area contributed by atoms with E-state index in [-0.39, 0.29) is 18.1 Å². The number of ether oxygens (including phenoxy) is 1. The Morgan fingerprint density at radius 2 is 1.92 bits per heavy atom. The molecule has 2 aromatic carbocycles. The molecule has 5 atom stereocenters. The van der Waals surface area contributed by atoms with Gasteiger partial charge in [0.2, 0.25) is 0 Å². The number of phenolic OH excluding ortho intramolecular Hbond substituents is 1. The van der Waals surface area contributed by atoms with Crippen molar-refractivity contribution in [3.05, 3.63) is 65.2 Å². The summed E-state index contributed by atoms with van der Waals surface area (Å²) in [5.41, 5.74) is 2.55. The zero-order valence-electron chi connectivity index (χ0n) is 21.6. The highest BCUT2D eigenvalue weighted by molar-refractivity contribution is 7.83. The minimum atomic E-state index is -1.53. The Morgan fingerprint density at radius 3 is 2.70 bits per heavy atom. The Labute approximate surface area is 223 Å². The van der Waals surface area contributed by atoms with Crippen LogP contribution in [-0.2, 0) is 34.1 Å². The third-order valence-electron chi connectivity index (χ3n) is 9.28. The number of aromatic hydroxyl groups is 1. The maximum Gasteiger partial charge on any atom is 0.150 e. The van der Waals surface area contributed by atoms with Crippen molar-refractivity contribution in [1.29, 1.82) is 0 Å². The third kappa shape index (κ3) is 5.01. The predicted octanol–water partition coefficient (Wildman–Crippen LogP) is 4.32. The molecule has 4 aliphatic rings. The average Bonchev–Trinajstić information content (AvgIpc) is 3.76. The second-order valence-corrected chi connectivity index (χ2v) is 13.1. The van der Waals surface area contributed by atoms with E-state index in [1.165, 1.54) is 24.9 Å². The summed E-state index contributed by atoms with van der Waals surface area (Å²) in [7, 11) is -1.53. The predicted molar refractivity (Wildman–Crippen MR) is 145 cm³/mol. The summed E-state index contributed by atoms with van der Waals surface area (Å²) < 4.78 is 22.3. The third-order valence-corrected chi connectivity index (χ3v) is 10.9. The van der Waals surface area contributed by atoms with Gasteiger partial charge >= 0.3 is 0 Å². The number of benzene rings is 2. The molecular weight excluding hydrogens is 484 g/mol. The van der Waals surface area contributed by atoms with E-state index in [0.29, 0.717) is 24.9 Å². The molecule has 37 heavy (non-hydrogen) atoms. The van der Waals surface area contributed by atoms with Crippen molar-refractivity contribution >= 4 is 11.0 Å². The molecule has 2 bridgehead atoms. The molecule has 6 nitrogen and oxygen atoms in total. The standard InChI is InChI=1S/C30H40N2O4S/c33-21-32(20-22-7-2-1-3-8-22)37(35)29-26(10-4-5-16-36-29)30-14-15-31(19-23-12-13-23)25(18-30)17-24-9-6-11-27(34)28(24)30/h1-3,6-9,11,23,25-26,29,33-34H,4-5,10,12-21H2/t25?,26?,29-,30?,37?/m1/s1. The summed E-state index contributed by atoms with van der Waals surface area (Å²) in [6.45, 7) is 2.89. The highest BCUT2D eigenvalue weighted by Crippen LogP contribution is 2.56. The molecule has 3 fully saturated rings. The van der Waals surface area contributed by atoms with Crippen LogP contribution in [0, 0.1) is 11.8 Å². The van der Waals surface area contributed by atoms with Crippen molar-refractivity contribution < 1.29 is 19.2 Å². The lowest BCUT2D eigenvalue weighted by atomic mass is 9.57. The number of hydrogen-bond donors (Lipinski definition) is 2. The normalized spacial score (nSPS) is 31.0. The number of fused-ring (bicyclic) bond motifs is 4. The first-order chi connectivity index (χ1) is 18.1. The van der Waals surface area contributed by atoms with Gasteiger partial charge in [-0.2, -0.15) is 4.31 Å². The summed E-state index contributed by atoms with van der Waals surface area (Å²) in [4.78, 5) is 2.70. The molecule has 2 aromatic rings. The van der Waals surface area contributed by atoms with Crippen molar-refractivity contribution in [2.75, 3.05) is 26.4 Å². The Balaban J connectivity index is 1.36. The fourth-order valence-corrected chi connectivity index (χ4v) is 8.92. The molecule has 0 amide bonds. The maximum absolute atomic E-state index is 14.2. The molecule has 0 spiro atoms. The van der Waals surface area contributed by atoms with Gasteiger partial charge in [0, 0.05) is 42.6 Å². The second kappa shape index (κ2) is 10.8. The highest BCUT2D eigenvalue weighted by Gasteiger charge is 2.55. The molecule has 2 N–H and O–H groups in total. The number of rotatable bonds is 8. The van der Waals surface area contributed by atoms with Gasteiger partial charge in [-0.15, -0.1) is 0 Å². The summed E-state index contributed by atoms with van der Waals surface area (Å²) in [5.74, 6) is 1.23. The lowest BCUT2D eigenvalue weighted by molar-refractivity contribution is -0.00638. The Kier molecular flexibility index (Phi) is 7.43. The summed E-state index contributed by atoms with van der Waals surface area (Å²) in [6, 6.07) is 16.3. The number of nitrogens with zero attached hydrogens (tertiary/aromatic N) is 2. The quantitative estimate of drug-likeness (QED) is 0.504. The minimum Gasteiger partial charge on any atom is -0.508 e. The molecule has 2 saturated heterocycles. The van der Waals surface area contributed by atoms with E-state index < -0.39 is 16.4 Å². The number of aliphatic hydroxyl groups is 1. The highest BCUT2D eigenvalue weighted by atomic mass is 32.2. The van der Waals surface area contributed by atoms with E-state index in [2.05, 4.69) is 11.0 Å². The first-order valence-electron chi connectivity index (χ1n) is 14.1. The number of aliphatic hydroxyl groups excluding tert-OH is 1. The van der Waals surface area contributed by atoms with E-state index in [0.717, 1.165) is 62.1 Å². The average molecular weight is 525 g/mol. The monoisotopic (exact) mass is 524 g/mol. The van der Waals surface area contributed by atoms with Gasteiger partial charge in [-0.25, -0.2) is 4.21 Å². The number of likely N-dealkylation sites (tertiary alicyclic amines) is 1. The van der Waals surface area contributed by atoms with Gasteiger partial charge in [-0.3, -0.25) is 4.90 Å². The van der Waals surface area contributed by atoms with Gasteiger partial charge in [0.1, 0.15) is 23.5 Å². The van der Waals surface area contributed by atoms with Crippen LogP contribution in [0.25, 0.3) is 0 Å². The van der Waals surface area contributed by atoms with Gasteiger partial charge in [0.15, 0.2) is 5.44 Å². The van der Waals surface area contributed by atoms with Crippen LogP contribution in [0.5, 0.6) is 5.75 Å². The molecule has 2 aliphatic heterocycles. The fraction of sp³-hybridized carbons (Fsp3) is 0.600. The van der Waals surface area contributed by atoms with E-state index in [1.54, 1.807) is 4.31 Å². The molecular formula is C30H40N2O4S. The van der Waals surface area contributed by atoms with E-state index >= 15 is 0 Å². The first-order valence-corrected chi connectivity index (χ1v) is 15.2. The van der Waals surface area contributed by atoms with Gasteiger partial charge in [-0.1, -0.05) is 48.9 Å². The first kappa shape index (κ1) is 25.5. The van der Waals surface area contributed by atoms with Crippen LogP contribution in [0.3, 0.4) is 0 Å². The lowest BCUT2D eigenvalue weighted by Crippen LogP contribution is -2.59. The second-order valence-electron chi connectivity index (χ2n) is 11.6. The molecule has 4 unspecified atom stereocenters. The Hall–Kier alpha value is -1.77. The smallest absolute Gasteiger partial charge is 0.150 e. The minimum absolute atomic E-state index is 0.0126. The SMILES string of the molecule is O=S([C@H]1OCCCCC1C12CCN(CC3CC3)C(Cc3cccc(O)c31)C2)N(CO)Cc1ccccc1. The van der Waals surface area contributed by atoms with Crippen LogP contribution in [0.4, 0.5) is 0 Å². The van der Waals surface area contributed by atoms with E-state index in [1.807, 2.05) is 42.5 Å². The van der Waals surface area contributed by atoms with Crippen LogP contribution >= 0.6 is 0 Å². The summed E-state index contributed by atoms with van der Waals surface area (Å²) in [5, 5.41) is 21.5. The van der Waals surface area contributed by atoms with Crippen molar-refractivity contribution in [3.8, 4) is 5.75 Å². The zero-order chi connectivity index (χ0) is 25.4. The number of phenols is 1. The molecule has 2 heterocycles. The van der Waals surface area contributed by atoms with Gasteiger partial charge in [0.05, 0.1) is 0 Å². The molecule has 6 rings (SSSR count). The number of piperidine rings is 1. The van der Waals surface area contributed by atoms with Crippen molar-refractivity contribution in [2.24, 2.45) is 11.8 Å². The molecule has 200 valence electrons. The largest absolute Gasteiger partial charge is 0.508 e. The topological polar surface area (TPSA) is 73.2 Å². The summed E-state index contributed by atoms with van der Waals surface area (Å²) in [6.07, 6.45) is 8.48. The van der Waals surface area contributed by atoms with Crippen LogP contribution in [0.1, 0.15) is 61.6 Å². The molecule has 0 aromatic heterocycles. The van der Waals surface area contributed by atoms with Crippen molar-refractivity contribution in [1.82, 2.24) is 9.21 Å². The van der Waals surface area contributed by atoms with Crippen LogP contribution < -0.4 is 0 Å². The zero-order valence-corrected chi connectivity index (χ0v) is 22.5. The van der Waals surface area contributed by atoms with Gasteiger partial charge in [0.25, 0.3) is 0 Å². The Bertz CT molecular complexity index is 1110. The molecule has 7 heteroatoms. The van der Waals surface area contributed by atoms with E-state index in [4.69, 9.17) is 4.74 Å². The van der Waals surface area contributed by atoms with Crippen LogP contribution in [0.2, 0.25) is 0 Å². The fourth-order valence-electron chi connectivity index (χ4n) is 7.34. The Morgan fingerprint density at radius 1 is 1.08 bits per heavy atom. The molecule has 0 radical (unpaired) electrons. The maximum atomic E-state index is 14.2. The van der Waals surface area contributed by atoms with Crippen LogP contribution in [0.15, 0.2) is 48.5 Å². The molecule has 1 saturated carbocycles. The van der Waals surface area contributed by atoms with Gasteiger partial charge < -0.3 is 14.9 Å². The van der Waals surface area contributed by atoms with Crippen molar-refractivity contribution in [2.45, 2.75) is 74.8 Å². The van der Waals surface area contributed by atoms with Crippen molar-refractivity contribution in [3.63, 3.8) is 0 Å². The van der Waals surface area contributed by atoms with E-state index in [9.17, 15) is 14.4 Å². The summed E-state index contributed by atoms with van der Waals surface area (Å²) >= 11 is 0. The molecule has 2 aliphatic carbocycles. The number of hydrogen-bond acceptors (Lipinski definition) is 5. The van der Waals surface area contributed by atoms with Gasteiger partial charge in [-0.05, 0) is 74.6 Å².